The number of rotatable bonds is 9. The second-order valence-electron chi connectivity index (χ2n) is 25.5. The number of hydrogen-bond donors (Lipinski definition) is 0. The molecule has 0 N–H and O–H groups in total. The van der Waals surface area contributed by atoms with Gasteiger partial charge >= 0.3 is 0 Å². The number of furan rings is 2. The molecule has 1 aliphatic heterocycles. The largest absolute Gasteiger partial charge is 0.456 e. The topological polar surface area (TPSA) is 32.8 Å². The highest BCUT2D eigenvalue weighted by Gasteiger charge is 2.57. The highest BCUT2D eigenvalue weighted by atomic mass is 35.5. The van der Waals surface area contributed by atoms with E-state index in [1.807, 2.05) is 23.1 Å². The highest BCUT2D eigenvalue weighted by molar-refractivity contribution is 7.99. The Balaban J connectivity index is 0.807. The lowest BCUT2D eigenvalue weighted by Crippen LogP contribution is -2.30. The first-order valence-electron chi connectivity index (χ1n) is 32.5. The van der Waals surface area contributed by atoms with Crippen molar-refractivity contribution in [3.63, 3.8) is 0 Å². The van der Waals surface area contributed by atoms with Gasteiger partial charge in [0.1, 0.15) is 22.3 Å². The molecular weight excluding hydrogens is 1230 g/mol. The first-order chi connectivity index (χ1) is 47.5. The third kappa shape index (κ3) is 7.80. The van der Waals surface area contributed by atoms with Crippen molar-refractivity contribution in [1.29, 1.82) is 0 Å². The van der Waals surface area contributed by atoms with Gasteiger partial charge in [0.15, 0.2) is 0 Å². The Morgan fingerprint density at radius 1 is 0.323 bits per heavy atom. The van der Waals surface area contributed by atoms with Crippen LogP contribution in [0.5, 0.6) is 0 Å². The zero-order chi connectivity index (χ0) is 62.9. The Kier molecular flexibility index (Phi) is 11.6. The van der Waals surface area contributed by atoms with Gasteiger partial charge in [0.2, 0.25) is 0 Å². The minimum Gasteiger partial charge on any atom is -0.456 e. The Morgan fingerprint density at radius 3 is 1.82 bits per heavy atom. The summed E-state index contributed by atoms with van der Waals surface area (Å²) in [6.45, 7) is 0. The first kappa shape index (κ1) is 54.1. The molecule has 21 rings (SSSR count). The zero-order valence-electron chi connectivity index (χ0n) is 51.4. The molecule has 1 atom stereocenters. The van der Waals surface area contributed by atoms with E-state index in [-0.39, 0.29) is 0 Å². The number of thiophene rings is 1. The molecule has 15 aromatic carbocycles. The third-order valence-corrected chi connectivity index (χ3v) is 22.9. The van der Waals surface area contributed by atoms with Crippen LogP contribution in [0.1, 0.15) is 22.3 Å². The fourth-order valence-electron chi connectivity index (χ4n) is 16.4. The summed E-state index contributed by atoms with van der Waals surface area (Å²) in [4.78, 5) is 7.28. The van der Waals surface area contributed by atoms with Crippen molar-refractivity contribution < 1.29 is 8.83 Å². The van der Waals surface area contributed by atoms with Crippen molar-refractivity contribution in [3.05, 3.63) is 337 Å². The lowest BCUT2D eigenvalue weighted by molar-refractivity contribution is 0.669. The van der Waals surface area contributed by atoms with E-state index < -0.39 is 5.41 Å². The molecule has 4 nitrogen and oxygen atoms in total. The summed E-state index contributed by atoms with van der Waals surface area (Å²) in [5.41, 5.74) is 25.5. The summed E-state index contributed by atoms with van der Waals surface area (Å²) in [5, 5.41) is 9.88. The van der Waals surface area contributed by atoms with Crippen molar-refractivity contribution >= 4 is 144 Å². The van der Waals surface area contributed by atoms with Crippen molar-refractivity contribution in [1.82, 2.24) is 0 Å². The van der Waals surface area contributed by atoms with E-state index in [0.29, 0.717) is 0 Å². The third-order valence-electron chi connectivity index (χ3n) is 20.4. The predicted octanol–water partition coefficient (Wildman–Crippen LogP) is 26.4. The van der Waals surface area contributed by atoms with Crippen LogP contribution in [0.3, 0.4) is 0 Å². The molecule has 4 heterocycles. The minimum atomic E-state index is -0.706. The molecule has 3 aliphatic rings. The van der Waals surface area contributed by atoms with Gasteiger partial charge in [-0.3, -0.25) is 0 Å². The lowest BCUT2D eigenvalue weighted by atomic mass is 9.70. The van der Waals surface area contributed by atoms with Crippen molar-refractivity contribution in [3.8, 4) is 55.6 Å². The number of anilines is 6. The fourth-order valence-corrected chi connectivity index (χ4v) is 19.1. The van der Waals surface area contributed by atoms with Gasteiger partial charge in [-0.05, 0) is 181 Å². The SMILES string of the molecule is Clc1cc2c3c(c1)-c1cccc4c1C3(c1ccc(N(c3ccc(-c5ccccc5)cc3)c3cc(-c5ccc6ccccc6c5)c5oc6ccccc6c5c3)cc1S2)c1cccc(N(c2cc(-c3ccccc3)c3c(c2)oc2ccccc23)c2ccc3sc5ccccc5c3c2)c1-4. The fraction of sp³-hybridized carbons (Fsp3) is 0.0112. The molecule has 1 unspecified atom stereocenters. The highest BCUT2D eigenvalue weighted by Crippen LogP contribution is 2.71. The number of para-hydroxylation sites is 2. The van der Waals surface area contributed by atoms with Crippen LogP contribution in [0, 0.1) is 0 Å². The average Bonchev–Trinajstić information content (AvgIpc) is 1.49. The molecule has 7 heteroatoms. The average molecular weight is 1280 g/mol. The molecule has 0 fully saturated rings. The van der Waals surface area contributed by atoms with Crippen molar-refractivity contribution in [2.45, 2.75) is 15.2 Å². The number of fused-ring (bicyclic) bond motifs is 14. The molecule has 18 aromatic rings. The van der Waals surface area contributed by atoms with Gasteiger partial charge in [-0.1, -0.05) is 224 Å². The van der Waals surface area contributed by atoms with E-state index in [0.717, 1.165) is 116 Å². The van der Waals surface area contributed by atoms with Gasteiger partial charge in [0.25, 0.3) is 0 Å². The molecule has 0 saturated carbocycles. The quantitative estimate of drug-likeness (QED) is 0.144. The second kappa shape index (κ2) is 20.6. The normalized spacial score (nSPS) is 14.1. The first-order valence-corrected chi connectivity index (χ1v) is 34.5. The van der Waals surface area contributed by atoms with E-state index in [9.17, 15) is 0 Å². The maximum atomic E-state index is 7.41. The smallest absolute Gasteiger partial charge is 0.143 e. The molecule has 2 aliphatic carbocycles. The van der Waals surface area contributed by atoms with Crippen molar-refractivity contribution in [2.75, 3.05) is 9.80 Å². The Hall–Kier alpha value is -11.4. The molecule has 0 saturated heterocycles. The van der Waals surface area contributed by atoms with Gasteiger partial charge in [0.05, 0.1) is 16.8 Å². The van der Waals surface area contributed by atoms with Crippen LogP contribution in [0.25, 0.3) is 130 Å². The Labute approximate surface area is 565 Å². The number of halogens is 1. The van der Waals surface area contributed by atoms with E-state index in [4.69, 9.17) is 20.4 Å². The Bertz CT molecular complexity index is 6350. The number of benzene rings is 15. The van der Waals surface area contributed by atoms with Crippen LogP contribution in [-0.2, 0) is 5.41 Å². The summed E-state index contributed by atoms with van der Waals surface area (Å²) >= 11 is 11.1. The maximum absolute atomic E-state index is 7.41. The maximum Gasteiger partial charge on any atom is 0.143 e. The molecule has 1 spiro atoms. The molecule has 448 valence electrons. The zero-order valence-corrected chi connectivity index (χ0v) is 53.7. The van der Waals surface area contributed by atoms with Crippen LogP contribution >= 0.6 is 34.7 Å². The predicted molar refractivity (Wildman–Crippen MR) is 402 cm³/mol. The summed E-state index contributed by atoms with van der Waals surface area (Å²) in [7, 11) is 0. The number of hydrogen-bond acceptors (Lipinski definition) is 6. The summed E-state index contributed by atoms with van der Waals surface area (Å²) in [5.74, 6) is 0. The minimum absolute atomic E-state index is 0.706. The van der Waals surface area contributed by atoms with Crippen LogP contribution in [0.15, 0.2) is 328 Å². The van der Waals surface area contributed by atoms with E-state index in [2.05, 4.69) is 319 Å². The summed E-state index contributed by atoms with van der Waals surface area (Å²) in [6, 6.07) is 114. The van der Waals surface area contributed by atoms with Gasteiger partial charge in [-0.25, -0.2) is 0 Å². The summed E-state index contributed by atoms with van der Waals surface area (Å²) in [6.07, 6.45) is 0. The van der Waals surface area contributed by atoms with Crippen LogP contribution in [-0.4, -0.2) is 0 Å². The molecule has 3 aromatic heterocycles. The molecular formula is C89H51ClN2O2S2. The lowest BCUT2D eigenvalue weighted by Gasteiger charge is -2.38. The molecule has 96 heavy (non-hydrogen) atoms. The molecule has 0 radical (unpaired) electrons. The molecule has 0 amide bonds. The second-order valence-corrected chi connectivity index (χ2v) is 28.1. The van der Waals surface area contributed by atoms with Crippen molar-refractivity contribution in [2.24, 2.45) is 0 Å². The Morgan fingerprint density at radius 2 is 0.969 bits per heavy atom. The van der Waals surface area contributed by atoms with E-state index in [1.165, 1.54) is 85.9 Å². The number of nitrogens with zero attached hydrogens (tertiary/aromatic N) is 2. The van der Waals surface area contributed by atoms with Gasteiger partial charge in [0, 0.05) is 96.5 Å². The van der Waals surface area contributed by atoms with Crippen LogP contribution in [0.2, 0.25) is 5.02 Å². The van der Waals surface area contributed by atoms with E-state index in [1.54, 1.807) is 0 Å². The summed E-state index contributed by atoms with van der Waals surface area (Å²) < 4.78 is 16.4. The standard InChI is InChI=1S/C89H51ClN2O2S2/c90-58-44-72-66-26-15-27-68-85-75(28-16-29-76(85)92(60-40-42-81-71(46-60)65-24-11-14-32-80(65)95-81)63-47-69(55-20-5-2-6-21-55)84-67-25-10-13-31-78(67)93-79(84)50-63)89(86(66)68)74-41-39-61(51-82(74)96-83(45-58)87(72)89)91(59-37-35-54(36-38-59)52-17-3-1-4-18-52)62-48-70(57-34-33-53-19-7-8-22-56(53)43-57)88-73(49-62)64-23-9-12-30-77(64)94-88/h1-51H. The molecule has 0 bridgehead atoms. The van der Waals surface area contributed by atoms with Crippen LogP contribution < -0.4 is 9.80 Å². The van der Waals surface area contributed by atoms with Gasteiger partial charge in [-0.15, -0.1) is 11.3 Å². The van der Waals surface area contributed by atoms with E-state index >= 15 is 0 Å². The monoisotopic (exact) mass is 1280 g/mol. The van der Waals surface area contributed by atoms with Crippen LogP contribution in [0.4, 0.5) is 34.1 Å². The van der Waals surface area contributed by atoms with Gasteiger partial charge in [-0.2, -0.15) is 0 Å². The van der Waals surface area contributed by atoms with Gasteiger partial charge < -0.3 is 18.6 Å².